The second kappa shape index (κ2) is 10.1. The molecule has 2 fully saturated rings. The molecule has 2 saturated heterocycles. The molecule has 2 aliphatic heterocycles. The Kier molecular flexibility index (Phi) is 7.23. The first-order valence-electron chi connectivity index (χ1n) is 10.9. The molecule has 0 aliphatic carbocycles. The van der Waals surface area contributed by atoms with Crippen LogP contribution >= 0.6 is 23.2 Å². The maximum Gasteiger partial charge on any atom is 0.258 e. The standard InChI is InChI=1S/C24H27Cl2N3O3/c1-27-24(31)21-10-17(26)6-9-22(21)32-14-23(30)28-18-11-19-7-8-20(12-18)29(19)13-15-2-4-16(25)5-3-15/h2-6,9-10,18-20H,7-8,11-14H2,1H3,(H,27,31)(H,28,30)/t18-,19+,20-. The lowest BCUT2D eigenvalue weighted by atomic mass is 9.96. The van der Waals surface area contributed by atoms with Crippen molar-refractivity contribution in [2.45, 2.75) is 50.4 Å². The van der Waals surface area contributed by atoms with E-state index in [2.05, 4.69) is 27.7 Å². The molecule has 8 heteroatoms. The van der Waals surface area contributed by atoms with Gasteiger partial charge in [-0.05, 0) is 61.6 Å². The van der Waals surface area contributed by atoms with Crippen LogP contribution in [0.5, 0.6) is 5.75 Å². The molecule has 2 N–H and O–H groups in total. The number of piperidine rings is 1. The van der Waals surface area contributed by atoms with Gasteiger partial charge in [-0.2, -0.15) is 0 Å². The van der Waals surface area contributed by atoms with Crippen molar-refractivity contribution in [2.75, 3.05) is 13.7 Å². The van der Waals surface area contributed by atoms with Gasteiger partial charge in [0.2, 0.25) is 0 Å². The number of carbonyl (C=O) groups is 2. The number of rotatable bonds is 7. The fourth-order valence-electron chi connectivity index (χ4n) is 4.80. The molecule has 6 nitrogen and oxygen atoms in total. The average molecular weight is 476 g/mol. The maximum absolute atomic E-state index is 12.6. The fraction of sp³-hybridized carbons (Fsp3) is 0.417. The molecule has 0 unspecified atom stereocenters. The lowest BCUT2D eigenvalue weighted by Gasteiger charge is -2.39. The third-order valence-corrected chi connectivity index (χ3v) is 6.79. The van der Waals surface area contributed by atoms with E-state index in [1.54, 1.807) is 12.1 Å². The van der Waals surface area contributed by atoms with Crippen LogP contribution in [0, 0.1) is 0 Å². The molecular formula is C24H27Cl2N3O3. The van der Waals surface area contributed by atoms with E-state index in [9.17, 15) is 9.59 Å². The molecular weight excluding hydrogens is 449 g/mol. The normalized spacial score (nSPS) is 22.4. The van der Waals surface area contributed by atoms with Crippen LogP contribution in [0.3, 0.4) is 0 Å². The zero-order valence-electron chi connectivity index (χ0n) is 17.9. The van der Waals surface area contributed by atoms with Gasteiger partial charge in [-0.25, -0.2) is 0 Å². The molecule has 2 aliphatic rings. The van der Waals surface area contributed by atoms with E-state index < -0.39 is 0 Å². The molecule has 2 aromatic carbocycles. The number of hydrogen-bond donors (Lipinski definition) is 2. The Bertz CT molecular complexity index is 969. The Balaban J connectivity index is 1.30. The van der Waals surface area contributed by atoms with E-state index in [1.165, 1.54) is 18.7 Å². The summed E-state index contributed by atoms with van der Waals surface area (Å²) in [6.07, 6.45) is 4.17. The van der Waals surface area contributed by atoms with Gasteiger partial charge in [0.05, 0.1) is 5.56 Å². The fourth-order valence-corrected chi connectivity index (χ4v) is 5.10. The summed E-state index contributed by atoms with van der Waals surface area (Å²) in [6.45, 7) is 0.765. The first-order valence-corrected chi connectivity index (χ1v) is 11.6. The van der Waals surface area contributed by atoms with Crippen molar-refractivity contribution < 1.29 is 14.3 Å². The van der Waals surface area contributed by atoms with Gasteiger partial charge in [0.15, 0.2) is 6.61 Å². The van der Waals surface area contributed by atoms with Crippen molar-refractivity contribution in [2.24, 2.45) is 0 Å². The molecule has 32 heavy (non-hydrogen) atoms. The van der Waals surface area contributed by atoms with E-state index in [1.807, 2.05) is 12.1 Å². The third kappa shape index (κ3) is 5.37. The number of hydrogen-bond acceptors (Lipinski definition) is 4. The Morgan fingerprint density at radius 2 is 1.69 bits per heavy atom. The van der Waals surface area contributed by atoms with E-state index in [0.29, 0.717) is 28.4 Å². The summed E-state index contributed by atoms with van der Waals surface area (Å²) in [5.74, 6) is -0.160. The predicted molar refractivity (Wildman–Crippen MR) is 125 cm³/mol. The molecule has 4 rings (SSSR count). The van der Waals surface area contributed by atoms with Crippen molar-refractivity contribution in [3.63, 3.8) is 0 Å². The van der Waals surface area contributed by atoms with Crippen molar-refractivity contribution in [3.05, 3.63) is 63.6 Å². The lowest BCUT2D eigenvalue weighted by Crippen LogP contribution is -2.50. The first kappa shape index (κ1) is 22.9. The number of nitrogens with zero attached hydrogens (tertiary/aromatic N) is 1. The molecule has 0 aromatic heterocycles. The van der Waals surface area contributed by atoms with Crippen LogP contribution in [-0.2, 0) is 11.3 Å². The summed E-state index contributed by atoms with van der Waals surface area (Å²) in [6, 6.07) is 13.9. The van der Waals surface area contributed by atoms with Gasteiger partial charge in [0.25, 0.3) is 11.8 Å². The number of ether oxygens (including phenoxy) is 1. The van der Waals surface area contributed by atoms with E-state index >= 15 is 0 Å². The minimum atomic E-state index is -0.312. The van der Waals surface area contributed by atoms with Crippen molar-refractivity contribution in [1.82, 2.24) is 15.5 Å². The monoisotopic (exact) mass is 475 g/mol. The van der Waals surface area contributed by atoms with Gasteiger partial charge in [0.1, 0.15) is 5.75 Å². The van der Waals surface area contributed by atoms with Crippen molar-refractivity contribution in [1.29, 1.82) is 0 Å². The van der Waals surface area contributed by atoms with E-state index in [-0.39, 0.29) is 24.5 Å². The number of fused-ring (bicyclic) bond motifs is 2. The molecule has 2 aromatic rings. The summed E-state index contributed by atoms with van der Waals surface area (Å²) in [5, 5.41) is 6.86. The lowest BCUT2D eigenvalue weighted by molar-refractivity contribution is -0.124. The Labute approximate surface area is 198 Å². The third-order valence-electron chi connectivity index (χ3n) is 6.30. The number of carbonyl (C=O) groups excluding carboxylic acids is 2. The van der Waals surface area contributed by atoms with E-state index in [0.717, 1.165) is 37.3 Å². The molecule has 170 valence electrons. The molecule has 0 radical (unpaired) electrons. The summed E-state index contributed by atoms with van der Waals surface area (Å²) in [5.41, 5.74) is 1.57. The molecule has 0 spiro atoms. The van der Waals surface area contributed by atoms with Crippen molar-refractivity contribution >= 4 is 35.0 Å². The largest absolute Gasteiger partial charge is 0.483 e. The van der Waals surface area contributed by atoms with Gasteiger partial charge in [0, 0.05) is 41.8 Å². The highest BCUT2D eigenvalue weighted by Crippen LogP contribution is 2.37. The average Bonchev–Trinajstić information content (AvgIpc) is 3.01. The smallest absolute Gasteiger partial charge is 0.258 e. The van der Waals surface area contributed by atoms with Gasteiger partial charge in [-0.15, -0.1) is 0 Å². The number of nitrogens with one attached hydrogen (secondary N) is 2. The van der Waals surface area contributed by atoms with Gasteiger partial charge in [-0.3, -0.25) is 14.5 Å². The quantitative estimate of drug-likeness (QED) is 0.633. The molecule has 2 heterocycles. The van der Waals surface area contributed by atoms with Crippen LogP contribution in [0.2, 0.25) is 10.0 Å². The summed E-state index contributed by atoms with van der Waals surface area (Å²) >= 11 is 12.0. The molecule has 0 saturated carbocycles. The zero-order valence-corrected chi connectivity index (χ0v) is 19.5. The molecule has 2 amide bonds. The highest BCUT2D eigenvalue weighted by molar-refractivity contribution is 6.31. The topological polar surface area (TPSA) is 70.7 Å². The van der Waals surface area contributed by atoms with Gasteiger partial charge < -0.3 is 15.4 Å². The Morgan fingerprint density at radius 1 is 1.03 bits per heavy atom. The Hall–Kier alpha value is -2.28. The minimum Gasteiger partial charge on any atom is -0.483 e. The second-order valence-electron chi connectivity index (χ2n) is 8.43. The number of amides is 2. The van der Waals surface area contributed by atoms with Crippen LogP contribution in [0.25, 0.3) is 0 Å². The second-order valence-corrected chi connectivity index (χ2v) is 9.30. The van der Waals surface area contributed by atoms with Gasteiger partial charge >= 0.3 is 0 Å². The highest BCUT2D eigenvalue weighted by atomic mass is 35.5. The van der Waals surface area contributed by atoms with Crippen LogP contribution in [0.15, 0.2) is 42.5 Å². The molecule has 2 bridgehead atoms. The van der Waals surface area contributed by atoms with Crippen LogP contribution in [-0.4, -0.2) is 48.5 Å². The van der Waals surface area contributed by atoms with E-state index in [4.69, 9.17) is 27.9 Å². The minimum absolute atomic E-state index is 0.133. The number of halogens is 2. The summed E-state index contributed by atoms with van der Waals surface area (Å²) in [7, 11) is 1.54. The summed E-state index contributed by atoms with van der Waals surface area (Å²) < 4.78 is 5.64. The maximum atomic E-state index is 12.6. The highest BCUT2D eigenvalue weighted by Gasteiger charge is 2.40. The van der Waals surface area contributed by atoms with Crippen molar-refractivity contribution in [3.8, 4) is 5.75 Å². The summed E-state index contributed by atoms with van der Waals surface area (Å²) in [4.78, 5) is 27.2. The SMILES string of the molecule is CNC(=O)c1cc(Cl)ccc1OCC(=O)N[C@H]1C[C@H]2CC[C@@H](C1)N2Cc1ccc(Cl)cc1. The van der Waals surface area contributed by atoms with Crippen LogP contribution < -0.4 is 15.4 Å². The number of benzene rings is 2. The Morgan fingerprint density at radius 3 is 2.34 bits per heavy atom. The molecule has 3 atom stereocenters. The zero-order chi connectivity index (χ0) is 22.7. The van der Waals surface area contributed by atoms with Crippen LogP contribution in [0.1, 0.15) is 41.6 Å². The van der Waals surface area contributed by atoms with Gasteiger partial charge in [-0.1, -0.05) is 35.3 Å². The first-order chi connectivity index (χ1) is 15.4. The van der Waals surface area contributed by atoms with Crippen LogP contribution in [0.4, 0.5) is 0 Å². The predicted octanol–water partition coefficient (Wildman–Crippen LogP) is 4.04.